The van der Waals surface area contributed by atoms with E-state index in [2.05, 4.69) is 16.0 Å². The van der Waals surface area contributed by atoms with Crippen LogP contribution >= 0.6 is 22.9 Å². The minimum Gasteiger partial charge on any atom is -0.477 e. The Kier molecular flexibility index (Phi) is 5.89. The van der Waals surface area contributed by atoms with E-state index >= 15 is 0 Å². The number of rotatable bonds is 7. The Morgan fingerprint density at radius 2 is 2.08 bits per heavy atom. The summed E-state index contributed by atoms with van der Waals surface area (Å²) in [6, 6.07) is 11.0. The van der Waals surface area contributed by atoms with E-state index < -0.39 is 18.3 Å². The predicted molar refractivity (Wildman–Crippen MR) is 150 cm³/mol. The van der Waals surface area contributed by atoms with E-state index in [1.54, 1.807) is 24.4 Å². The van der Waals surface area contributed by atoms with Crippen LogP contribution in [0.1, 0.15) is 61.6 Å². The van der Waals surface area contributed by atoms with Gasteiger partial charge in [-0.3, -0.25) is 9.88 Å². The summed E-state index contributed by atoms with van der Waals surface area (Å²) in [4.78, 5) is 23.2. The number of hydrogen-bond donors (Lipinski definition) is 1. The molecular formula is C29H29ClN4O5S. The van der Waals surface area contributed by atoms with Crippen LogP contribution in [-0.4, -0.2) is 56.3 Å². The second-order valence-electron chi connectivity index (χ2n) is 10.5. The number of piperidine rings is 1. The van der Waals surface area contributed by atoms with Crippen molar-refractivity contribution in [3.05, 3.63) is 69.6 Å². The summed E-state index contributed by atoms with van der Waals surface area (Å²) >= 11 is 7.10. The third-order valence-corrected chi connectivity index (χ3v) is 9.06. The molecule has 7 rings (SSSR count). The third kappa shape index (κ3) is 4.62. The van der Waals surface area contributed by atoms with Crippen LogP contribution in [0.4, 0.5) is 0 Å². The van der Waals surface area contributed by atoms with Crippen molar-refractivity contribution in [1.82, 2.24) is 19.4 Å². The summed E-state index contributed by atoms with van der Waals surface area (Å²) in [7, 11) is 0. The second-order valence-corrected chi connectivity index (χ2v) is 12.0. The molecular weight excluding hydrogens is 552 g/mol. The van der Waals surface area contributed by atoms with Crippen LogP contribution in [0.2, 0.25) is 5.02 Å². The number of imidazole rings is 1. The number of carboxylic acid groups (broad SMARTS) is 1. The Labute approximate surface area is 243 Å². The third-order valence-electron chi connectivity index (χ3n) is 7.83. The number of thiophene rings is 1. The summed E-state index contributed by atoms with van der Waals surface area (Å²) in [6.07, 6.45) is 3.86. The molecule has 0 spiro atoms. The quantitative estimate of drug-likeness (QED) is 0.298. The van der Waals surface area contributed by atoms with Crippen LogP contribution in [0, 0.1) is 0 Å². The van der Waals surface area contributed by atoms with E-state index in [-0.39, 0.29) is 16.9 Å². The van der Waals surface area contributed by atoms with E-state index in [0.717, 1.165) is 36.2 Å². The standard InChI is InChI=1S/C29H29ClN4O5S/c1-29(24-6-5-18(30)14-31-24)38-22-4-2-3-20(26(22)39-29)17-7-10-33(11-8-17)16-25-32-27-21(13-23(40-27)28(35)36)34(25)15-19-9-12-37-19/h2-6,13-14,17,19H,7-12,15-16H2,1H3,(H,35,36)/t19-,29+/m0/s1/i16D2. The van der Waals surface area contributed by atoms with Gasteiger partial charge in [-0.25, -0.2) is 9.78 Å². The van der Waals surface area contributed by atoms with Gasteiger partial charge in [-0.2, -0.15) is 0 Å². The van der Waals surface area contributed by atoms with Crippen LogP contribution in [-0.2, 0) is 23.6 Å². The number of hydrogen-bond acceptors (Lipinski definition) is 8. The maximum atomic E-state index is 11.6. The highest BCUT2D eigenvalue weighted by Crippen LogP contribution is 2.49. The molecule has 3 aromatic heterocycles. The van der Waals surface area contributed by atoms with Crippen LogP contribution < -0.4 is 9.47 Å². The van der Waals surface area contributed by atoms with Crippen molar-refractivity contribution >= 4 is 39.3 Å². The number of likely N-dealkylation sites (tertiary alicyclic amines) is 1. The van der Waals surface area contributed by atoms with Crippen molar-refractivity contribution in [2.45, 2.75) is 57.0 Å². The minimum atomic E-state index is -1.85. The minimum absolute atomic E-state index is 0.0352. The Morgan fingerprint density at radius 1 is 1.25 bits per heavy atom. The first-order valence-corrected chi connectivity index (χ1v) is 14.6. The van der Waals surface area contributed by atoms with E-state index in [4.69, 9.17) is 25.8 Å². The van der Waals surface area contributed by atoms with Gasteiger partial charge in [0.05, 0.1) is 32.4 Å². The average Bonchev–Trinajstić information content (AvgIpc) is 3.62. The Hall–Kier alpha value is -3.18. The zero-order chi connectivity index (χ0) is 29.2. The van der Waals surface area contributed by atoms with Gasteiger partial charge in [0.1, 0.15) is 21.2 Å². The number of para-hydroxylation sites is 1. The molecule has 9 nitrogen and oxygen atoms in total. The van der Waals surface area contributed by atoms with Crippen LogP contribution in [0.15, 0.2) is 42.6 Å². The number of halogens is 1. The number of fused-ring (bicyclic) bond motifs is 2. The number of aromatic nitrogens is 3. The lowest BCUT2D eigenvalue weighted by molar-refractivity contribution is -0.0722. The van der Waals surface area contributed by atoms with Gasteiger partial charge >= 0.3 is 5.97 Å². The number of pyridine rings is 1. The Morgan fingerprint density at radius 3 is 2.77 bits per heavy atom. The van der Waals surface area contributed by atoms with Crippen LogP contribution in [0.5, 0.6) is 11.5 Å². The molecule has 2 fully saturated rings. The molecule has 3 aliphatic heterocycles. The number of benzene rings is 1. The number of aromatic carboxylic acids is 1. The molecule has 0 radical (unpaired) electrons. The van der Waals surface area contributed by atoms with Crippen molar-refractivity contribution in [2.24, 2.45) is 0 Å². The van der Waals surface area contributed by atoms with Crippen LogP contribution in [0.25, 0.3) is 10.3 Å². The lowest BCUT2D eigenvalue weighted by Gasteiger charge is -2.33. The molecule has 0 unspecified atom stereocenters. The number of carbonyl (C=O) groups is 1. The molecule has 40 heavy (non-hydrogen) atoms. The zero-order valence-electron chi connectivity index (χ0n) is 23.8. The fourth-order valence-electron chi connectivity index (χ4n) is 5.59. The van der Waals surface area contributed by atoms with Gasteiger partial charge in [-0.15, -0.1) is 11.3 Å². The fourth-order valence-corrected chi connectivity index (χ4v) is 6.57. The Balaban J connectivity index is 1.11. The monoisotopic (exact) mass is 582 g/mol. The van der Waals surface area contributed by atoms with Crippen LogP contribution in [0.3, 0.4) is 0 Å². The predicted octanol–water partition coefficient (Wildman–Crippen LogP) is 5.66. The molecule has 2 atom stereocenters. The van der Waals surface area contributed by atoms with Crippen molar-refractivity contribution < 1.29 is 26.9 Å². The van der Waals surface area contributed by atoms with E-state index in [1.165, 1.54) is 0 Å². The molecule has 0 amide bonds. The summed E-state index contributed by atoms with van der Waals surface area (Å²) in [5, 5.41) is 10.0. The van der Waals surface area contributed by atoms with Gasteiger partial charge in [-0.05, 0) is 62.5 Å². The molecule has 6 heterocycles. The molecule has 0 aliphatic carbocycles. The number of carboxylic acids is 1. The van der Waals surface area contributed by atoms with E-state index in [0.29, 0.717) is 64.6 Å². The summed E-state index contributed by atoms with van der Waals surface area (Å²) < 4.78 is 38.5. The molecule has 1 N–H and O–H groups in total. The van der Waals surface area contributed by atoms with Gasteiger partial charge < -0.3 is 23.9 Å². The summed E-state index contributed by atoms with van der Waals surface area (Å²) in [5.74, 6) is -0.286. The Bertz CT molecular complexity index is 1670. The fraction of sp³-hybridized carbons (Fsp3) is 0.414. The molecule has 4 aromatic rings. The van der Waals surface area contributed by atoms with Crippen molar-refractivity contribution in [3.63, 3.8) is 0 Å². The molecule has 0 saturated carbocycles. The maximum absolute atomic E-state index is 11.6. The smallest absolute Gasteiger partial charge is 0.346 e. The van der Waals surface area contributed by atoms with Crippen molar-refractivity contribution in [2.75, 3.05) is 19.7 Å². The van der Waals surface area contributed by atoms with Gasteiger partial charge in [0.2, 0.25) is 0 Å². The van der Waals surface area contributed by atoms with Gasteiger partial charge in [-0.1, -0.05) is 23.7 Å². The molecule has 11 heteroatoms. The highest BCUT2D eigenvalue weighted by atomic mass is 35.5. The summed E-state index contributed by atoms with van der Waals surface area (Å²) in [5.41, 5.74) is 2.29. The topological polar surface area (TPSA) is 98.9 Å². The molecule has 0 bridgehead atoms. The summed E-state index contributed by atoms with van der Waals surface area (Å²) in [6.45, 7) is 2.12. The van der Waals surface area contributed by atoms with Gasteiger partial charge in [0.15, 0.2) is 11.5 Å². The van der Waals surface area contributed by atoms with Gasteiger partial charge in [0.25, 0.3) is 5.79 Å². The largest absolute Gasteiger partial charge is 0.477 e. The lowest BCUT2D eigenvalue weighted by Crippen LogP contribution is -2.35. The lowest BCUT2D eigenvalue weighted by atomic mass is 9.88. The van der Waals surface area contributed by atoms with Crippen molar-refractivity contribution in [3.8, 4) is 11.5 Å². The molecule has 208 valence electrons. The molecule has 2 saturated heterocycles. The highest BCUT2D eigenvalue weighted by molar-refractivity contribution is 7.20. The SMILES string of the molecule is [2H]C([2H])(c1nc2sc(C(=O)O)cc2n1C[C@@H]1CCO1)N1CCC(c2cccc3c2O[C@](C)(c2ccc(Cl)cn2)O3)CC1. The van der Waals surface area contributed by atoms with E-state index in [1.807, 2.05) is 28.5 Å². The first-order valence-electron chi connectivity index (χ1n) is 14.4. The zero-order valence-corrected chi connectivity index (χ0v) is 23.4. The maximum Gasteiger partial charge on any atom is 0.346 e. The number of nitrogens with zero attached hydrogens (tertiary/aromatic N) is 4. The van der Waals surface area contributed by atoms with E-state index in [9.17, 15) is 12.6 Å². The van der Waals surface area contributed by atoms with Gasteiger partial charge in [0, 0.05) is 25.3 Å². The second kappa shape index (κ2) is 10.0. The average molecular weight is 583 g/mol. The first kappa shape index (κ1) is 23.5. The molecule has 1 aromatic carbocycles. The highest BCUT2D eigenvalue weighted by Gasteiger charge is 2.42. The normalized spacial score (nSPS) is 24.1. The molecule has 3 aliphatic rings. The van der Waals surface area contributed by atoms with Crippen molar-refractivity contribution in [1.29, 1.82) is 0 Å². The number of ether oxygens (including phenoxy) is 3. The first-order chi connectivity index (χ1) is 20.1.